The Labute approximate surface area is 114 Å². The number of carbonyl (C=O) groups excluding carboxylic acids is 1. The van der Waals surface area contributed by atoms with Crippen molar-refractivity contribution in [2.45, 2.75) is 44.6 Å². The summed E-state index contributed by atoms with van der Waals surface area (Å²) in [6.07, 6.45) is 0.691. The summed E-state index contributed by atoms with van der Waals surface area (Å²) in [6.45, 7) is 6.98. The second kappa shape index (κ2) is 5.71. The van der Waals surface area contributed by atoms with Crippen LogP contribution in [-0.2, 0) is 14.8 Å². The summed E-state index contributed by atoms with van der Waals surface area (Å²) in [5.41, 5.74) is 0.0796. The van der Waals surface area contributed by atoms with Gasteiger partial charge in [0, 0.05) is 18.2 Å². The van der Waals surface area contributed by atoms with Crippen molar-refractivity contribution >= 4 is 21.6 Å². The van der Waals surface area contributed by atoms with Crippen LogP contribution in [0.15, 0.2) is 29.2 Å². The summed E-state index contributed by atoms with van der Waals surface area (Å²) >= 11 is 0. The molecule has 0 fully saturated rings. The van der Waals surface area contributed by atoms with Gasteiger partial charge in [0.2, 0.25) is 15.9 Å². The first-order valence-electron chi connectivity index (χ1n) is 6.08. The van der Waals surface area contributed by atoms with Crippen LogP contribution in [0, 0.1) is 0 Å². The lowest BCUT2D eigenvalue weighted by Gasteiger charge is -2.24. The van der Waals surface area contributed by atoms with E-state index in [4.69, 9.17) is 0 Å². The summed E-state index contributed by atoms with van der Waals surface area (Å²) in [4.78, 5) is 11.1. The molecule has 0 saturated carbocycles. The van der Waals surface area contributed by atoms with E-state index < -0.39 is 15.6 Å². The smallest absolute Gasteiger partial charge is 0.241 e. The number of rotatable bonds is 5. The van der Waals surface area contributed by atoms with Crippen LogP contribution >= 0.6 is 0 Å². The van der Waals surface area contributed by atoms with Crippen LogP contribution in [0.4, 0.5) is 5.69 Å². The maximum atomic E-state index is 12.1. The van der Waals surface area contributed by atoms with Crippen molar-refractivity contribution in [3.8, 4) is 0 Å². The lowest BCUT2D eigenvalue weighted by atomic mass is 10.0. The van der Waals surface area contributed by atoms with Gasteiger partial charge in [-0.2, -0.15) is 0 Å². The molecule has 0 radical (unpaired) electrons. The lowest BCUT2D eigenvalue weighted by Crippen LogP contribution is -2.42. The van der Waals surface area contributed by atoms with E-state index in [1.165, 1.54) is 19.1 Å². The van der Waals surface area contributed by atoms with Crippen molar-refractivity contribution in [1.29, 1.82) is 0 Å². The third-order valence-corrected chi connectivity index (χ3v) is 4.49. The lowest BCUT2D eigenvalue weighted by molar-refractivity contribution is -0.114. The Bertz CT molecular complexity index is 548. The maximum Gasteiger partial charge on any atom is 0.241 e. The topological polar surface area (TPSA) is 75.3 Å². The number of amides is 1. The number of carbonyl (C=O) groups is 1. The van der Waals surface area contributed by atoms with Crippen LogP contribution < -0.4 is 10.0 Å². The van der Waals surface area contributed by atoms with E-state index in [0.29, 0.717) is 12.1 Å². The Balaban J connectivity index is 2.94. The molecular weight excluding hydrogens is 264 g/mol. The average Bonchev–Trinajstić information content (AvgIpc) is 2.27. The third kappa shape index (κ3) is 4.65. The number of sulfonamides is 1. The molecule has 106 valence electrons. The zero-order valence-electron chi connectivity index (χ0n) is 11.6. The van der Waals surface area contributed by atoms with Crippen molar-refractivity contribution < 1.29 is 13.2 Å². The molecule has 0 aromatic heterocycles. The van der Waals surface area contributed by atoms with Crippen LogP contribution in [0.3, 0.4) is 0 Å². The number of hydrogen-bond donors (Lipinski definition) is 2. The van der Waals surface area contributed by atoms with Crippen LogP contribution in [0.2, 0.25) is 0 Å². The van der Waals surface area contributed by atoms with Crippen LogP contribution in [-0.4, -0.2) is 19.9 Å². The van der Waals surface area contributed by atoms with E-state index in [9.17, 15) is 13.2 Å². The fraction of sp³-hybridized carbons (Fsp3) is 0.462. The highest BCUT2D eigenvalue weighted by Crippen LogP contribution is 2.17. The normalized spacial score (nSPS) is 12.2. The van der Waals surface area contributed by atoms with Gasteiger partial charge >= 0.3 is 0 Å². The Morgan fingerprint density at radius 3 is 2.16 bits per heavy atom. The van der Waals surface area contributed by atoms with Crippen molar-refractivity contribution in [2.75, 3.05) is 5.32 Å². The minimum absolute atomic E-state index is 0.183. The monoisotopic (exact) mass is 284 g/mol. The molecule has 1 aromatic rings. The largest absolute Gasteiger partial charge is 0.326 e. The van der Waals surface area contributed by atoms with E-state index >= 15 is 0 Å². The third-order valence-electron chi connectivity index (χ3n) is 2.78. The number of hydrogen-bond acceptors (Lipinski definition) is 3. The summed E-state index contributed by atoms with van der Waals surface area (Å²) in [7, 11) is -3.54. The minimum atomic E-state index is -3.54. The molecule has 1 amide bonds. The van der Waals surface area contributed by atoms with E-state index in [2.05, 4.69) is 10.0 Å². The zero-order valence-corrected chi connectivity index (χ0v) is 12.5. The first kappa shape index (κ1) is 15.7. The second-order valence-corrected chi connectivity index (χ2v) is 6.73. The molecule has 0 aliphatic rings. The maximum absolute atomic E-state index is 12.1. The molecule has 0 unspecified atom stereocenters. The highest BCUT2D eigenvalue weighted by atomic mass is 32.2. The van der Waals surface area contributed by atoms with Crippen molar-refractivity contribution in [3.63, 3.8) is 0 Å². The quantitative estimate of drug-likeness (QED) is 0.869. The molecule has 2 N–H and O–H groups in total. The Hall–Kier alpha value is -1.40. The highest BCUT2D eigenvalue weighted by Gasteiger charge is 2.24. The summed E-state index contributed by atoms with van der Waals surface area (Å²) in [6, 6.07) is 6.07. The van der Waals surface area contributed by atoms with Gasteiger partial charge in [0.1, 0.15) is 0 Å². The molecule has 1 aromatic carbocycles. The zero-order chi connectivity index (χ0) is 14.7. The predicted octanol–water partition coefficient (Wildman–Crippen LogP) is 2.11. The van der Waals surface area contributed by atoms with Gasteiger partial charge in [0.15, 0.2) is 0 Å². The SMILES string of the molecule is CCC(C)(C)NS(=O)(=O)c1ccc(NC(C)=O)cc1. The second-order valence-electron chi connectivity index (χ2n) is 5.05. The molecule has 0 saturated heterocycles. The molecule has 19 heavy (non-hydrogen) atoms. The summed E-state index contributed by atoms with van der Waals surface area (Å²) in [5.74, 6) is -0.194. The number of benzene rings is 1. The molecular formula is C13H20N2O3S. The fourth-order valence-corrected chi connectivity index (χ4v) is 2.90. The Morgan fingerprint density at radius 1 is 1.21 bits per heavy atom. The van der Waals surface area contributed by atoms with Crippen LogP contribution in [0.1, 0.15) is 34.1 Å². The van der Waals surface area contributed by atoms with Crippen molar-refractivity contribution in [1.82, 2.24) is 4.72 Å². The molecule has 1 rings (SSSR count). The van der Waals surface area contributed by atoms with E-state index in [0.717, 1.165) is 0 Å². The van der Waals surface area contributed by atoms with Gasteiger partial charge in [0.05, 0.1) is 4.90 Å². The molecule has 0 heterocycles. The van der Waals surface area contributed by atoms with E-state index in [1.807, 2.05) is 20.8 Å². The van der Waals surface area contributed by atoms with E-state index in [-0.39, 0.29) is 10.8 Å². The number of anilines is 1. The standard InChI is InChI=1S/C13H20N2O3S/c1-5-13(3,4)15-19(17,18)12-8-6-11(7-9-12)14-10(2)16/h6-9,15H,5H2,1-4H3,(H,14,16). The van der Waals surface area contributed by atoms with E-state index in [1.54, 1.807) is 12.1 Å². The van der Waals surface area contributed by atoms with Gasteiger partial charge in [-0.15, -0.1) is 0 Å². The highest BCUT2D eigenvalue weighted by molar-refractivity contribution is 7.89. The Kier molecular flexibility index (Phi) is 4.70. The predicted molar refractivity (Wildman–Crippen MR) is 75.4 cm³/mol. The average molecular weight is 284 g/mol. The van der Waals surface area contributed by atoms with Gasteiger partial charge < -0.3 is 5.32 Å². The van der Waals surface area contributed by atoms with Crippen molar-refractivity contribution in [3.05, 3.63) is 24.3 Å². The molecule has 0 atom stereocenters. The van der Waals surface area contributed by atoms with Gasteiger partial charge in [0.25, 0.3) is 0 Å². The summed E-state index contributed by atoms with van der Waals surface area (Å²) in [5, 5.41) is 2.59. The fourth-order valence-electron chi connectivity index (χ4n) is 1.42. The van der Waals surface area contributed by atoms with Crippen LogP contribution in [0.5, 0.6) is 0 Å². The summed E-state index contributed by atoms with van der Waals surface area (Å²) < 4.78 is 26.9. The molecule has 0 bridgehead atoms. The Morgan fingerprint density at radius 2 is 1.74 bits per heavy atom. The minimum Gasteiger partial charge on any atom is -0.326 e. The molecule has 0 aliphatic heterocycles. The molecule has 0 spiro atoms. The molecule has 6 heteroatoms. The van der Waals surface area contributed by atoms with Gasteiger partial charge in [-0.1, -0.05) is 6.92 Å². The van der Waals surface area contributed by atoms with Gasteiger partial charge in [-0.05, 0) is 44.5 Å². The first-order valence-corrected chi connectivity index (χ1v) is 7.56. The molecule has 0 aliphatic carbocycles. The van der Waals surface area contributed by atoms with Crippen LogP contribution in [0.25, 0.3) is 0 Å². The van der Waals surface area contributed by atoms with Gasteiger partial charge in [-0.3, -0.25) is 4.79 Å². The first-order chi connectivity index (χ1) is 8.66. The molecule has 5 nitrogen and oxygen atoms in total. The van der Waals surface area contributed by atoms with Gasteiger partial charge in [-0.25, -0.2) is 13.1 Å². The van der Waals surface area contributed by atoms with Crippen molar-refractivity contribution in [2.24, 2.45) is 0 Å². The number of nitrogens with one attached hydrogen (secondary N) is 2.